The number of aromatic nitrogens is 2. The first-order valence-corrected chi connectivity index (χ1v) is 14.1. The average molecular weight is 556 g/mol. The number of benzene rings is 4. The Bertz CT molecular complexity index is 2110. The average Bonchev–Trinajstić information content (AvgIpc) is 3.46. The molecule has 4 aromatic carbocycles. The lowest BCUT2D eigenvalue weighted by molar-refractivity contribution is 0.0969. The summed E-state index contributed by atoms with van der Waals surface area (Å²) < 4.78 is 2.65. The molecular weight excluding hydrogens is 530 g/mol. The van der Waals surface area contributed by atoms with E-state index in [-0.39, 0.29) is 18.9 Å². The van der Waals surface area contributed by atoms with E-state index in [4.69, 9.17) is 0 Å². The maximum atomic E-state index is 13.8. The number of rotatable bonds is 7. The molecule has 0 saturated heterocycles. The first-order valence-electron chi connectivity index (χ1n) is 13.3. The molecule has 0 aliphatic rings. The monoisotopic (exact) mass is 555 g/mol. The quantitative estimate of drug-likeness (QED) is 0.213. The van der Waals surface area contributed by atoms with Gasteiger partial charge in [-0.05, 0) is 52.1 Å². The zero-order valence-corrected chi connectivity index (χ0v) is 23.2. The van der Waals surface area contributed by atoms with Crippen molar-refractivity contribution in [2.24, 2.45) is 0 Å². The highest BCUT2D eigenvalue weighted by Gasteiger charge is 2.19. The summed E-state index contributed by atoms with van der Waals surface area (Å²) in [5.74, 6) is -0.299. The van der Waals surface area contributed by atoms with Crippen LogP contribution in [-0.2, 0) is 19.5 Å². The molecule has 0 bridgehead atoms. The van der Waals surface area contributed by atoms with Crippen LogP contribution in [0.3, 0.4) is 0 Å². The summed E-state index contributed by atoms with van der Waals surface area (Å²) in [7, 11) is 0. The van der Waals surface area contributed by atoms with E-state index in [1.807, 2.05) is 85.8 Å². The summed E-state index contributed by atoms with van der Waals surface area (Å²) in [6.45, 7) is 1.91. The summed E-state index contributed by atoms with van der Waals surface area (Å²) in [6.07, 6.45) is 0.732. The minimum absolute atomic E-state index is 0.240. The van der Waals surface area contributed by atoms with Crippen molar-refractivity contribution in [1.29, 1.82) is 5.26 Å². The molecule has 0 fully saturated rings. The molecule has 0 atom stereocenters. The van der Waals surface area contributed by atoms with Crippen LogP contribution in [0.2, 0.25) is 0 Å². The largest absolute Gasteiger partial charge is 0.332 e. The molecule has 0 spiro atoms. The molecule has 0 amide bonds. The van der Waals surface area contributed by atoms with Gasteiger partial charge in [-0.1, -0.05) is 85.8 Å². The minimum Gasteiger partial charge on any atom is -0.292 e. The van der Waals surface area contributed by atoms with Crippen LogP contribution in [0.5, 0.6) is 0 Å². The lowest BCUT2D eigenvalue weighted by atomic mass is 9.99. The molecule has 6 rings (SSSR count). The van der Waals surface area contributed by atoms with Gasteiger partial charge in [0.1, 0.15) is 4.83 Å². The van der Waals surface area contributed by atoms with Crippen LogP contribution in [0.4, 0.5) is 0 Å². The Balaban J connectivity index is 1.39. The highest BCUT2D eigenvalue weighted by molar-refractivity contribution is 7.18. The molecule has 0 unspecified atom stereocenters. The van der Waals surface area contributed by atoms with Gasteiger partial charge in [-0.15, -0.1) is 11.3 Å². The number of Topliss-reactive ketones (excluding diaryl/α,β-unsaturated/α-hetero) is 1. The second-order valence-corrected chi connectivity index (χ2v) is 11.0. The third-order valence-electron chi connectivity index (χ3n) is 7.32. The number of hydrogen-bond acceptors (Lipinski definition) is 5. The van der Waals surface area contributed by atoms with E-state index in [0.717, 1.165) is 43.3 Å². The van der Waals surface area contributed by atoms with Crippen molar-refractivity contribution >= 4 is 38.1 Å². The van der Waals surface area contributed by atoms with E-state index < -0.39 is 11.2 Å². The molecular formula is C34H25N3O3S. The number of aryl methyl sites for hydroxylation is 1. The van der Waals surface area contributed by atoms with Gasteiger partial charge in [0.2, 0.25) is 0 Å². The zero-order chi connectivity index (χ0) is 28.5. The van der Waals surface area contributed by atoms with Crippen molar-refractivity contribution in [3.63, 3.8) is 0 Å². The minimum atomic E-state index is -0.514. The Morgan fingerprint density at radius 1 is 0.854 bits per heavy atom. The van der Waals surface area contributed by atoms with E-state index in [9.17, 15) is 19.6 Å². The van der Waals surface area contributed by atoms with E-state index in [0.29, 0.717) is 21.3 Å². The number of nitriles is 1. The van der Waals surface area contributed by atoms with Crippen LogP contribution in [0, 0.1) is 11.3 Å². The topological polar surface area (TPSA) is 84.9 Å². The van der Waals surface area contributed by atoms with Gasteiger partial charge in [0, 0.05) is 10.4 Å². The van der Waals surface area contributed by atoms with Gasteiger partial charge in [-0.25, -0.2) is 4.79 Å². The molecule has 6 aromatic rings. The Kier molecular flexibility index (Phi) is 6.92. The fraction of sp³-hybridized carbons (Fsp3) is 0.118. The number of thiophene rings is 1. The van der Waals surface area contributed by atoms with Gasteiger partial charge in [-0.2, -0.15) is 5.26 Å². The molecule has 6 nitrogen and oxygen atoms in total. The van der Waals surface area contributed by atoms with Crippen molar-refractivity contribution in [2.45, 2.75) is 26.4 Å². The smallest absolute Gasteiger partial charge is 0.292 e. The van der Waals surface area contributed by atoms with Crippen LogP contribution in [0.15, 0.2) is 107 Å². The maximum Gasteiger partial charge on any atom is 0.332 e. The van der Waals surface area contributed by atoms with E-state index in [1.165, 1.54) is 11.3 Å². The van der Waals surface area contributed by atoms with Crippen molar-refractivity contribution in [3.05, 3.63) is 139 Å². The fourth-order valence-electron chi connectivity index (χ4n) is 5.11. The second-order valence-electron chi connectivity index (χ2n) is 9.88. The number of hydrogen-bond donors (Lipinski definition) is 0. The van der Waals surface area contributed by atoms with Gasteiger partial charge in [0.05, 0.1) is 30.1 Å². The Morgan fingerprint density at radius 2 is 1.59 bits per heavy atom. The number of ketones is 1. The molecule has 0 saturated carbocycles. The van der Waals surface area contributed by atoms with Crippen molar-refractivity contribution < 1.29 is 4.79 Å². The van der Waals surface area contributed by atoms with E-state index in [2.05, 4.69) is 6.07 Å². The number of carbonyl (C=O) groups excluding carboxylic acids is 1. The Labute approximate surface area is 240 Å². The van der Waals surface area contributed by atoms with Crippen LogP contribution >= 0.6 is 11.3 Å². The van der Waals surface area contributed by atoms with Crippen molar-refractivity contribution in [3.8, 4) is 17.2 Å². The first-order chi connectivity index (χ1) is 20.0. The Hall–Kier alpha value is -5.06. The SMILES string of the molecule is CCc1cc2c(=O)n(CC(=O)c3ccc4ccccc4c3)c(=O)n(Cc3ccc(-c4ccccc4C#N)cc3)c2s1. The van der Waals surface area contributed by atoms with Crippen LogP contribution in [0.25, 0.3) is 32.1 Å². The first kappa shape index (κ1) is 26.2. The summed E-state index contributed by atoms with van der Waals surface area (Å²) in [5, 5.41) is 11.8. The molecule has 0 aliphatic carbocycles. The molecule has 2 aromatic heterocycles. The predicted octanol–water partition coefficient (Wildman–Crippen LogP) is 6.41. The predicted molar refractivity (Wildman–Crippen MR) is 164 cm³/mol. The molecule has 200 valence electrons. The molecule has 41 heavy (non-hydrogen) atoms. The van der Waals surface area contributed by atoms with Crippen molar-refractivity contribution in [2.75, 3.05) is 0 Å². The maximum absolute atomic E-state index is 13.8. The summed E-state index contributed by atoms with van der Waals surface area (Å²) >= 11 is 1.43. The summed E-state index contributed by atoms with van der Waals surface area (Å²) in [6, 6.07) is 32.3. The summed E-state index contributed by atoms with van der Waals surface area (Å²) in [5.41, 5.74) is 2.69. The van der Waals surface area contributed by atoms with Gasteiger partial charge in [-0.3, -0.25) is 18.7 Å². The lowest BCUT2D eigenvalue weighted by Gasteiger charge is -2.13. The summed E-state index contributed by atoms with van der Waals surface area (Å²) in [4.78, 5) is 42.2. The third-order valence-corrected chi connectivity index (χ3v) is 8.62. The zero-order valence-electron chi connectivity index (χ0n) is 22.3. The van der Waals surface area contributed by atoms with Crippen LogP contribution in [-0.4, -0.2) is 14.9 Å². The van der Waals surface area contributed by atoms with Crippen LogP contribution < -0.4 is 11.2 Å². The third kappa shape index (κ3) is 4.90. The molecule has 7 heteroatoms. The molecule has 0 N–H and O–H groups in total. The van der Waals surface area contributed by atoms with Gasteiger partial charge >= 0.3 is 5.69 Å². The van der Waals surface area contributed by atoms with Gasteiger partial charge in [0.25, 0.3) is 5.56 Å². The number of carbonyl (C=O) groups is 1. The fourth-order valence-corrected chi connectivity index (χ4v) is 6.18. The Morgan fingerprint density at radius 3 is 2.34 bits per heavy atom. The van der Waals surface area contributed by atoms with Crippen molar-refractivity contribution in [1.82, 2.24) is 9.13 Å². The van der Waals surface area contributed by atoms with E-state index >= 15 is 0 Å². The lowest BCUT2D eigenvalue weighted by Crippen LogP contribution is -2.41. The van der Waals surface area contributed by atoms with Crippen LogP contribution in [0.1, 0.15) is 33.3 Å². The van der Waals surface area contributed by atoms with Gasteiger partial charge in [0.15, 0.2) is 5.78 Å². The standard InChI is InChI=1S/C34H25N3O3S/c1-2-28-18-30-32(39)36(21-31(38)26-16-15-23-7-3-4-8-25(23)17-26)34(40)37(33(30)41-28)20-22-11-13-24(14-12-22)29-10-6-5-9-27(29)19-35/h3-18H,2,20-21H2,1H3. The van der Waals surface area contributed by atoms with Gasteiger partial charge < -0.3 is 0 Å². The normalized spacial score (nSPS) is 11.1. The second kappa shape index (κ2) is 10.8. The molecule has 0 aliphatic heterocycles. The molecule has 2 heterocycles. The number of nitrogens with zero attached hydrogens (tertiary/aromatic N) is 3. The molecule has 0 radical (unpaired) electrons. The number of fused-ring (bicyclic) bond motifs is 2. The van der Waals surface area contributed by atoms with E-state index in [1.54, 1.807) is 22.8 Å². The highest BCUT2D eigenvalue weighted by Crippen LogP contribution is 2.26. The highest BCUT2D eigenvalue weighted by atomic mass is 32.1.